The average Bonchev–Trinajstić information content (AvgIpc) is 2.82. The molecule has 3 N–H and O–H groups in total. The number of anilines is 2. The second-order valence-electron chi connectivity index (χ2n) is 4.21. The first-order valence-corrected chi connectivity index (χ1v) is 6.08. The summed E-state index contributed by atoms with van der Waals surface area (Å²) in [7, 11) is 0. The van der Waals surface area contributed by atoms with Crippen molar-refractivity contribution in [2.75, 3.05) is 11.1 Å². The number of carbonyl (C=O) groups is 1. The third-order valence-electron chi connectivity index (χ3n) is 2.53. The third-order valence-corrected chi connectivity index (χ3v) is 2.86. The van der Waals surface area contributed by atoms with Crippen LogP contribution in [0.3, 0.4) is 0 Å². The number of halogens is 4. The molecular formula is C12H10ClF3N4O. The zero-order chi connectivity index (χ0) is 15.6. The maximum Gasteiger partial charge on any atom is 0.419 e. The molecule has 112 valence electrons. The van der Waals surface area contributed by atoms with Gasteiger partial charge in [-0.15, -0.1) is 0 Å². The van der Waals surface area contributed by atoms with Gasteiger partial charge in [0.05, 0.1) is 22.5 Å². The summed E-state index contributed by atoms with van der Waals surface area (Å²) in [5.41, 5.74) is 5.31. The lowest BCUT2D eigenvalue weighted by atomic mass is 10.3. The van der Waals surface area contributed by atoms with Gasteiger partial charge in [0.2, 0.25) is 5.91 Å². The molecule has 0 aliphatic heterocycles. The van der Waals surface area contributed by atoms with Crippen molar-refractivity contribution < 1.29 is 18.0 Å². The van der Waals surface area contributed by atoms with E-state index in [0.29, 0.717) is 11.9 Å². The Bertz CT molecular complexity index is 669. The first kappa shape index (κ1) is 15.2. The summed E-state index contributed by atoms with van der Waals surface area (Å²) in [6.45, 7) is -0.374. The lowest BCUT2D eigenvalue weighted by molar-refractivity contribution is -0.137. The summed E-state index contributed by atoms with van der Waals surface area (Å²) in [4.78, 5) is 11.8. The average molecular weight is 319 g/mol. The fraction of sp³-hybridized carbons (Fsp3) is 0.167. The van der Waals surface area contributed by atoms with Gasteiger partial charge in [0.15, 0.2) is 0 Å². The predicted octanol–water partition coefficient (Wildman–Crippen LogP) is 2.78. The Morgan fingerprint density at radius 3 is 2.76 bits per heavy atom. The first-order chi connectivity index (χ1) is 9.75. The molecule has 0 aliphatic carbocycles. The van der Waals surface area contributed by atoms with Gasteiger partial charge in [0, 0.05) is 11.9 Å². The quantitative estimate of drug-likeness (QED) is 0.855. The Kier molecular flexibility index (Phi) is 4.08. The van der Waals surface area contributed by atoms with Crippen LogP contribution in [0.15, 0.2) is 30.6 Å². The van der Waals surface area contributed by atoms with Gasteiger partial charge in [0.25, 0.3) is 0 Å². The lowest BCUT2D eigenvalue weighted by Crippen LogP contribution is -2.19. The van der Waals surface area contributed by atoms with Crippen molar-refractivity contribution in [3.05, 3.63) is 41.2 Å². The highest BCUT2D eigenvalue weighted by molar-refractivity contribution is 6.33. The van der Waals surface area contributed by atoms with Crippen molar-refractivity contribution in [1.82, 2.24) is 9.78 Å². The Balaban J connectivity index is 2.05. The highest BCUT2D eigenvalue weighted by atomic mass is 35.5. The maximum atomic E-state index is 12.4. The number of aromatic nitrogens is 2. The van der Waals surface area contributed by atoms with Crippen LogP contribution in [0.25, 0.3) is 0 Å². The van der Waals surface area contributed by atoms with Crippen molar-refractivity contribution >= 4 is 28.9 Å². The monoisotopic (exact) mass is 318 g/mol. The zero-order valence-corrected chi connectivity index (χ0v) is 11.2. The van der Waals surface area contributed by atoms with Crippen molar-refractivity contribution in [3.8, 4) is 0 Å². The molecule has 0 bridgehead atoms. The van der Waals surface area contributed by atoms with E-state index in [4.69, 9.17) is 17.3 Å². The molecule has 1 aromatic heterocycles. The highest BCUT2D eigenvalue weighted by Gasteiger charge is 2.32. The van der Waals surface area contributed by atoms with E-state index in [0.717, 1.165) is 10.9 Å². The topological polar surface area (TPSA) is 72.9 Å². The van der Waals surface area contributed by atoms with Crippen LogP contribution in [0.1, 0.15) is 5.56 Å². The number of alkyl halides is 3. The van der Waals surface area contributed by atoms with Gasteiger partial charge in [-0.05, 0) is 18.2 Å². The Hall–Kier alpha value is -2.22. The van der Waals surface area contributed by atoms with E-state index in [1.165, 1.54) is 12.1 Å². The van der Waals surface area contributed by atoms with Gasteiger partial charge in [-0.3, -0.25) is 9.48 Å². The third kappa shape index (κ3) is 3.88. The number of hydrogen-bond donors (Lipinski definition) is 2. The van der Waals surface area contributed by atoms with E-state index in [2.05, 4.69) is 10.4 Å². The number of rotatable bonds is 3. The molecule has 2 rings (SSSR count). The van der Waals surface area contributed by atoms with E-state index in [-0.39, 0.29) is 17.3 Å². The number of hydrogen-bond acceptors (Lipinski definition) is 3. The van der Waals surface area contributed by atoms with E-state index in [9.17, 15) is 18.0 Å². The summed E-state index contributed by atoms with van der Waals surface area (Å²) in [6, 6.07) is 4.51. The number of nitrogens with zero attached hydrogens (tertiary/aromatic N) is 2. The van der Waals surface area contributed by atoms with Crippen molar-refractivity contribution in [2.24, 2.45) is 0 Å². The van der Waals surface area contributed by atoms with Crippen LogP contribution in [-0.2, 0) is 17.5 Å². The standard InChI is InChI=1S/C12H10ClF3N4O/c13-9-2-1-8(17)3-10(9)19-11(21)6-20-5-7(4-18-20)12(14,15)16/h1-5H,6,17H2,(H,19,21). The summed E-state index contributed by atoms with van der Waals surface area (Å²) < 4.78 is 38.1. The minimum atomic E-state index is -4.49. The van der Waals surface area contributed by atoms with Crippen LogP contribution in [0.4, 0.5) is 24.5 Å². The molecule has 5 nitrogen and oxygen atoms in total. The van der Waals surface area contributed by atoms with Gasteiger partial charge in [-0.2, -0.15) is 18.3 Å². The summed E-state index contributed by atoms with van der Waals surface area (Å²) in [5, 5.41) is 6.21. The van der Waals surface area contributed by atoms with Crippen molar-refractivity contribution in [2.45, 2.75) is 12.7 Å². The highest BCUT2D eigenvalue weighted by Crippen LogP contribution is 2.28. The molecular weight excluding hydrogens is 309 g/mol. The molecule has 0 aliphatic rings. The molecule has 1 amide bonds. The summed E-state index contributed by atoms with van der Waals surface area (Å²) in [6.07, 6.45) is -3.09. The minimum Gasteiger partial charge on any atom is -0.399 e. The molecule has 0 spiro atoms. The number of nitrogens with two attached hydrogens (primary N) is 1. The van der Waals surface area contributed by atoms with Gasteiger partial charge in [0.1, 0.15) is 6.54 Å². The molecule has 0 saturated heterocycles. The summed E-state index contributed by atoms with van der Waals surface area (Å²) >= 11 is 5.87. The second kappa shape index (κ2) is 5.65. The predicted molar refractivity (Wildman–Crippen MR) is 71.7 cm³/mol. The minimum absolute atomic E-state index is 0.272. The zero-order valence-electron chi connectivity index (χ0n) is 10.5. The van der Waals surface area contributed by atoms with Gasteiger partial charge in [-0.1, -0.05) is 11.6 Å². The van der Waals surface area contributed by atoms with E-state index < -0.39 is 17.6 Å². The number of benzene rings is 1. The number of nitrogens with one attached hydrogen (secondary N) is 1. The first-order valence-electron chi connectivity index (χ1n) is 5.70. The molecule has 0 saturated carbocycles. The lowest BCUT2D eigenvalue weighted by Gasteiger charge is -2.08. The second-order valence-corrected chi connectivity index (χ2v) is 4.62. The normalized spacial score (nSPS) is 11.4. The van der Waals surface area contributed by atoms with Crippen LogP contribution in [0, 0.1) is 0 Å². The molecule has 21 heavy (non-hydrogen) atoms. The molecule has 0 fully saturated rings. The number of carbonyl (C=O) groups excluding carboxylic acids is 1. The van der Waals surface area contributed by atoms with E-state index in [1.54, 1.807) is 6.07 Å². The van der Waals surface area contributed by atoms with Crippen molar-refractivity contribution in [1.29, 1.82) is 0 Å². The SMILES string of the molecule is Nc1ccc(Cl)c(NC(=O)Cn2cc(C(F)(F)F)cn2)c1. The molecule has 0 atom stereocenters. The molecule has 0 radical (unpaired) electrons. The van der Waals surface area contributed by atoms with Crippen molar-refractivity contribution in [3.63, 3.8) is 0 Å². The smallest absolute Gasteiger partial charge is 0.399 e. The molecule has 1 heterocycles. The fourth-order valence-corrected chi connectivity index (χ4v) is 1.74. The Labute approximate surface area is 122 Å². The largest absolute Gasteiger partial charge is 0.419 e. The van der Waals surface area contributed by atoms with Crippen LogP contribution in [0.5, 0.6) is 0 Å². The maximum absolute atomic E-state index is 12.4. The number of amides is 1. The van der Waals surface area contributed by atoms with Crippen LogP contribution >= 0.6 is 11.6 Å². The van der Waals surface area contributed by atoms with Crippen LogP contribution in [-0.4, -0.2) is 15.7 Å². The van der Waals surface area contributed by atoms with Crippen LogP contribution in [0.2, 0.25) is 5.02 Å². The van der Waals surface area contributed by atoms with E-state index >= 15 is 0 Å². The summed E-state index contributed by atoms with van der Waals surface area (Å²) in [5.74, 6) is -0.570. The van der Waals surface area contributed by atoms with Gasteiger partial charge in [-0.25, -0.2) is 0 Å². The Morgan fingerprint density at radius 2 is 2.14 bits per heavy atom. The molecule has 9 heteroatoms. The van der Waals surface area contributed by atoms with Gasteiger partial charge >= 0.3 is 6.18 Å². The number of nitrogen functional groups attached to an aromatic ring is 1. The van der Waals surface area contributed by atoms with E-state index in [1.807, 2.05) is 0 Å². The molecule has 0 unspecified atom stereocenters. The van der Waals surface area contributed by atoms with Gasteiger partial charge < -0.3 is 11.1 Å². The molecule has 2 aromatic rings. The fourth-order valence-electron chi connectivity index (χ4n) is 1.57. The molecule has 1 aromatic carbocycles. The van der Waals surface area contributed by atoms with Crippen LogP contribution < -0.4 is 11.1 Å². The Morgan fingerprint density at radius 1 is 1.43 bits per heavy atom.